The van der Waals surface area contributed by atoms with Gasteiger partial charge in [-0.2, -0.15) is 0 Å². The van der Waals surface area contributed by atoms with E-state index < -0.39 is 6.04 Å². The number of aryl methyl sites for hydroxylation is 1. The Kier molecular flexibility index (Phi) is 10.2. The largest absolute Gasteiger partial charge is 0.484 e. The van der Waals surface area contributed by atoms with Gasteiger partial charge < -0.3 is 15.0 Å². The second kappa shape index (κ2) is 13.1. The Morgan fingerprint density at radius 1 is 1.03 bits per heavy atom. The van der Waals surface area contributed by atoms with E-state index in [9.17, 15) is 9.59 Å². The van der Waals surface area contributed by atoms with Crippen molar-refractivity contribution in [3.05, 3.63) is 97.9 Å². The minimum Gasteiger partial charge on any atom is -0.484 e. The molecule has 2 amide bonds. The second-order valence-electron chi connectivity index (χ2n) is 8.83. The number of carbonyl (C=O) groups is 2. The van der Waals surface area contributed by atoms with Crippen molar-refractivity contribution >= 4 is 50.9 Å². The highest BCUT2D eigenvalue weighted by Crippen LogP contribution is 2.25. The first-order chi connectivity index (χ1) is 17.1. The van der Waals surface area contributed by atoms with Crippen LogP contribution in [0.1, 0.15) is 30.5 Å². The molecule has 0 saturated carbocycles. The molecule has 3 aromatic carbocycles. The van der Waals surface area contributed by atoms with Crippen LogP contribution in [0.4, 0.5) is 0 Å². The first-order valence-corrected chi connectivity index (χ1v) is 13.2. The van der Waals surface area contributed by atoms with Gasteiger partial charge in [0.1, 0.15) is 11.8 Å². The zero-order valence-electron chi connectivity index (χ0n) is 20.4. The lowest BCUT2D eigenvalue weighted by molar-refractivity contribution is -0.143. The van der Waals surface area contributed by atoms with Crippen molar-refractivity contribution in [2.45, 2.75) is 45.8 Å². The molecule has 0 fully saturated rings. The molecule has 0 spiro atoms. The van der Waals surface area contributed by atoms with Gasteiger partial charge in [0.25, 0.3) is 5.91 Å². The Balaban J connectivity index is 1.94. The van der Waals surface area contributed by atoms with Crippen molar-refractivity contribution in [1.82, 2.24) is 10.2 Å². The molecule has 0 aliphatic rings. The van der Waals surface area contributed by atoms with Crippen LogP contribution < -0.4 is 10.1 Å². The zero-order chi connectivity index (χ0) is 26.2. The van der Waals surface area contributed by atoms with E-state index in [4.69, 9.17) is 27.9 Å². The first-order valence-electron chi connectivity index (χ1n) is 11.6. The predicted octanol–water partition coefficient (Wildman–Crippen LogP) is 6.61. The van der Waals surface area contributed by atoms with Gasteiger partial charge in [-0.15, -0.1) is 0 Å². The Bertz CT molecular complexity index is 1200. The third-order valence-corrected chi connectivity index (χ3v) is 7.03. The van der Waals surface area contributed by atoms with Crippen molar-refractivity contribution < 1.29 is 14.3 Å². The van der Waals surface area contributed by atoms with Crippen LogP contribution in [0.2, 0.25) is 10.0 Å². The average Bonchev–Trinajstić information content (AvgIpc) is 2.83. The molecule has 0 aliphatic carbocycles. The van der Waals surface area contributed by atoms with Crippen LogP contribution in [0.5, 0.6) is 5.75 Å². The Hall–Kier alpha value is -2.54. The quantitative estimate of drug-likeness (QED) is 0.289. The number of benzene rings is 3. The van der Waals surface area contributed by atoms with Crippen molar-refractivity contribution in [2.75, 3.05) is 6.61 Å². The molecule has 8 heteroatoms. The summed E-state index contributed by atoms with van der Waals surface area (Å²) in [4.78, 5) is 28.5. The minimum atomic E-state index is -0.774. The molecule has 3 rings (SSSR count). The van der Waals surface area contributed by atoms with Crippen LogP contribution in [0.3, 0.4) is 0 Å². The van der Waals surface area contributed by atoms with Crippen LogP contribution in [-0.4, -0.2) is 35.4 Å². The smallest absolute Gasteiger partial charge is 0.261 e. The Labute approximate surface area is 230 Å². The number of halogens is 3. The molecule has 3 aromatic rings. The van der Waals surface area contributed by atoms with E-state index in [2.05, 4.69) is 21.2 Å². The van der Waals surface area contributed by atoms with E-state index in [-0.39, 0.29) is 31.0 Å². The van der Waals surface area contributed by atoms with E-state index in [1.54, 1.807) is 24.3 Å². The van der Waals surface area contributed by atoms with Gasteiger partial charge in [0, 0.05) is 33.5 Å². The highest BCUT2D eigenvalue weighted by atomic mass is 79.9. The van der Waals surface area contributed by atoms with Gasteiger partial charge in [0.05, 0.1) is 0 Å². The number of nitrogens with one attached hydrogen (secondary N) is 1. The highest BCUT2D eigenvalue weighted by molar-refractivity contribution is 9.10. The standard InChI is InChI=1S/C28H29BrCl2N2O3/c1-18(2)32-28(35)26(14-20-7-5-4-6-8-20)33(16-21-9-10-22(30)15-25(21)31)27(34)17-36-23-11-12-24(29)19(3)13-23/h4-13,15,18,26H,14,16-17H2,1-3H3,(H,32,35)/t26-/m1/s1. The summed E-state index contributed by atoms with van der Waals surface area (Å²) in [6, 6.07) is 19.4. The van der Waals surface area contributed by atoms with Crippen LogP contribution in [0, 0.1) is 6.92 Å². The van der Waals surface area contributed by atoms with Crippen molar-refractivity contribution in [1.29, 1.82) is 0 Å². The fourth-order valence-electron chi connectivity index (χ4n) is 3.70. The molecule has 0 radical (unpaired) electrons. The molecule has 0 bridgehead atoms. The number of carbonyl (C=O) groups excluding carboxylic acids is 2. The first kappa shape index (κ1) is 28.0. The van der Waals surface area contributed by atoms with Gasteiger partial charge in [-0.05, 0) is 67.8 Å². The summed E-state index contributed by atoms with van der Waals surface area (Å²) in [5.41, 5.74) is 2.61. The van der Waals surface area contributed by atoms with Crippen LogP contribution >= 0.6 is 39.1 Å². The van der Waals surface area contributed by atoms with E-state index >= 15 is 0 Å². The normalized spacial score (nSPS) is 11.8. The van der Waals surface area contributed by atoms with Crippen molar-refractivity contribution in [3.8, 4) is 5.75 Å². The number of hydrogen-bond donors (Lipinski definition) is 1. The summed E-state index contributed by atoms with van der Waals surface area (Å²) >= 11 is 16.0. The highest BCUT2D eigenvalue weighted by Gasteiger charge is 2.31. The molecule has 1 atom stereocenters. The van der Waals surface area contributed by atoms with E-state index in [0.717, 1.165) is 15.6 Å². The fraction of sp³-hybridized carbons (Fsp3) is 0.286. The monoisotopic (exact) mass is 590 g/mol. The topological polar surface area (TPSA) is 58.6 Å². The Morgan fingerprint density at radius 2 is 1.75 bits per heavy atom. The number of nitrogens with zero attached hydrogens (tertiary/aromatic N) is 1. The van der Waals surface area contributed by atoms with E-state index in [1.807, 2.05) is 63.2 Å². The number of ether oxygens (including phenoxy) is 1. The van der Waals surface area contributed by atoms with E-state index in [1.165, 1.54) is 4.90 Å². The second-order valence-corrected chi connectivity index (χ2v) is 10.5. The lowest BCUT2D eigenvalue weighted by atomic mass is 10.0. The summed E-state index contributed by atoms with van der Waals surface area (Å²) in [6.45, 7) is 5.62. The Morgan fingerprint density at radius 3 is 2.39 bits per heavy atom. The zero-order valence-corrected chi connectivity index (χ0v) is 23.5. The number of hydrogen-bond acceptors (Lipinski definition) is 3. The summed E-state index contributed by atoms with van der Waals surface area (Å²) < 4.78 is 6.79. The lowest BCUT2D eigenvalue weighted by Crippen LogP contribution is -2.52. The fourth-order valence-corrected chi connectivity index (χ4v) is 4.42. The maximum absolute atomic E-state index is 13.6. The van der Waals surface area contributed by atoms with Crippen LogP contribution in [-0.2, 0) is 22.6 Å². The molecule has 1 N–H and O–H groups in total. The third-order valence-electron chi connectivity index (χ3n) is 5.55. The number of amides is 2. The van der Waals surface area contributed by atoms with Crippen molar-refractivity contribution in [2.24, 2.45) is 0 Å². The molecule has 0 aromatic heterocycles. The van der Waals surface area contributed by atoms with Gasteiger partial charge in [0.2, 0.25) is 5.91 Å². The molecule has 0 saturated heterocycles. The van der Waals surface area contributed by atoms with Gasteiger partial charge in [0.15, 0.2) is 6.61 Å². The van der Waals surface area contributed by atoms with Crippen LogP contribution in [0.25, 0.3) is 0 Å². The predicted molar refractivity (Wildman–Crippen MR) is 149 cm³/mol. The van der Waals surface area contributed by atoms with Crippen LogP contribution in [0.15, 0.2) is 71.2 Å². The third kappa shape index (κ3) is 7.99. The van der Waals surface area contributed by atoms with E-state index in [0.29, 0.717) is 27.8 Å². The molecule has 0 aliphatic heterocycles. The molecule has 0 heterocycles. The molecule has 0 unspecified atom stereocenters. The minimum absolute atomic E-state index is 0.0890. The van der Waals surface area contributed by atoms with Gasteiger partial charge >= 0.3 is 0 Å². The SMILES string of the molecule is Cc1cc(OCC(=O)N(Cc2ccc(Cl)cc2Cl)[C@H](Cc2ccccc2)C(=O)NC(C)C)ccc1Br. The maximum atomic E-state index is 13.6. The number of rotatable bonds is 10. The van der Waals surface area contributed by atoms with Gasteiger partial charge in [-0.25, -0.2) is 0 Å². The summed E-state index contributed by atoms with van der Waals surface area (Å²) in [6.07, 6.45) is 0.341. The van der Waals surface area contributed by atoms with Crippen molar-refractivity contribution in [3.63, 3.8) is 0 Å². The molecular formula is C28H29BrCl2N2O3. The molecular weight excluding hydrogens is 563 g/mol. The molecule has 190 valence electrons. The van der Waals surface area contributed by atoms with Gasteiger partial charge in [-0.3, -0.25) is 9.59 Å². The lowest BCUT2D eigenvalue weighted by Gasteiger charge is -2.32. The summed E-state index contributed by atoms with van der Waals surface area (Å²) in [5.74, 6) is -0.00651. The molecule has 5 nitrogen and oxygen atoms in total. The summed E-state index contributed by atoms with van der Waals surface area (Å²) in [5, 5.41) is 3.88. The average molecular weight is 592 g/mol. The van der Waals surface area contributed by atoms with Gasteiger partial charge in [-0.1, -0.05) is 75.5 Å². The maximum Gasteiger partial charge on any atom is 0.261 e. The summed E-state index contributed by atoms with van der Waals surface area (Å²) in [7, 11) is 0. The molecule has 36 heavy (non-hydrogen) atoms.